The van der Waals surface area contributed by atoms with Crippen molar-refractivity contribution >= 4 is 23.3 Å². The molecule has 0 spiro atoms. The Bertz CT molecular complexity index is 1570. The van der Waals surface area contributed by atoms with Crippen LogP contribution in [0.15, 0.2) is 77.9 Å². The van der Waals surface area contributed by atoms with E-state index in [4.69, 9.17) is 9.47 Å². The molecule has 4 aliphatic rings. The predicted octanol–water partition coefficient (Wildman–Crippen LogP) is 5.40. The number of anilines is 2. The molecule has 10 heteroatoms. The van der Waals surface area contributed by atoms with Crippen molar-refractivity contribution in [2.24, 2.45) is 5.92 Å². The first-order chi connectivity index (χ1) is 21.3. The number of urea groups is 1. The maximum Gasteiger partial charge on any atom is 0.322 e. The number of rotatable bonds is 9. The van der Waals surface area contributed by atoms with Crippen molar-refractivity contribution in [2.45, 2.75) is 55.8 Å². The molecule has 2 heterocycles. The second kappa shape index (κ2) is 12.3. The number of hydrogen-bond donors (Lipinski definition) is 3. The van der Waals surface area contributed by atoms with E-state index < -0.39 is 29.3 Å². The van der Waals surface area contributed by atoms with Gasteiger partial charge in [0.1, 0.15) is 17.6 Å². The summed E-state index contributed by atoms with van der Waals surface area (Å²) in [6.45, 7) is 0.217. The lowest BCUT2D eigenvalue weighted by molar-refractivity contribution is -0.119. The van der Waals surface area contributed by atoms with Crippen molar-refractivity contribution in [3.63, 3.8) is 0 Å². The van der Waals surface area contributed by atoms with Gasteiger partial charge in [-0.25, -0.2) is 9.18 Å². The van der Waals surface area contributed by atoms with Crippen LogP contribution in [0.3, 0.4) is 0 Å². The van der Waals surface area contributed by atoms with E-state index in [-0.39, 0.29) is 30.8 Å². The van der Waals surface area contributed by atoms with E-state index in [0.29, 0.717) is 22.9 Å². The van der Waals surface area contributed by atoms with Crippen LogP contribution < -0.4 is 20.7 Å². The van der Waals surface area contributed by atoms with Crippen LogP contribution in [-0.2, 0) is 15.1 Å². The van der Waals surface area contributed by atoms with Crippen LogP contribution in [0.1, 0.15) is 37.7 Å². The Labute approximate surface area is 256 Å². The first-order valence-electron chi connectivity index (χ1n) is 15.0. The highest BCUT2D eigenvalue weighted by atomic mass is 19.1. The standard InChI is InChI=1S/C34H36FN5O4/c1-43-25-11-9-24(10-12-25)37-33(42)40-20-26(44-2)18-31(40)32(41)38-30-17-23(8-13-28(30)35)34(15-14-21-6-7-21)27-5-3-4-22(19-36)16-29(27)39-34/h3-5,8-13,16-17,21,26,29,31,39H,6-7,14-15,18,20H2,1-2H3,(H,37,42)(H,38,41)/t26-,29?,31-,34?/m1/s1. The third kappa shape index (κ3) is 5.85. The summed E-state index contributed by atoms with van der Waals surface area (Å²) in [6, 6.07) is 12.5. The smallest absolute Gasteiger partial charge is 0.322 e. The summed E-state index contributed by atoms with van der Waals surface area (Å²) in [7, 11) is 3.10. The van der Waals surface area contributed by atoms with E-state index in [2.05, 4.69) is 22.0 Å². The molecule has 2 saturated heterocycles. The third-order valence-corrected chi connectivity index (χ3v) is 9.10. The average Bonchev–Trinajstić information content (AvgIpc) is 3.78. The zero-order valence-electron chi connectivity index (χ0n) is 24.8. The second-order valence-electron chi connectivity index (χ2n) is 11.8. The number of allylic oxidation sites excluding steroid dienone is 4. The van der Waals surface area contributed by atoms with Crippen LogP contribution in [0.25, 0.3) is 0 Å². The summed E-state index contributed by atoms with van der Waals surface area (Å²) < 4.78 is 25.9. The SMILES string of the molecule is COc1ccc(NC(=O)N2C[C@H](OC)C[C@@H]2C(=O)Nc2cc(C3(CCC4CC4)NC4C=C(C#N)C=CC=C43)ccc2F)cc1. The molecule has 2 aromatic carbocycles. The molecule has 228 valence electrons. The summed E-state index contributed by atoms with van der Waals surface area (Å²) in [5, 5.41) is 18.7. The fraction of sp³-hybridized carbons (Fsp3) is 0.382. The number of hydrogen-bond acceptors (Lipinski definition) is 6. The van der Waals surface area contributed by atoms with Crippen LogP contribution in [0.5, 0.6) is 5.75 Å². The van der Waals surface area contributed by atoms with Gasteiger partial charge in [-0.05, 0) is 78.4 Å². The Morgan fingerprint density at radius 2 is 1.95 bits per heavy atom. The zero-order chi connectivity index (χ0) is 30.8. The van der Waals surface area contributed by atoms with Gasteiger partial charge in [-0.15, -0.1) is 0 Å². The van der Waals surface area contributed by atoms with E-state index in [1.165, 1.54) is 23.8 Å². The number of nitrogens with zero attached hydrogens (tertiary/aromatic N) is 2. The molecule has 1 saturated carbocycles. The summed E-state index contributed by atoms with van der Waals surface area (Å²) in [5.41, 5.74) is 2.61. The molecule has 44 heavy (non-hydrogen) atoms. The molecule has 9 nitrogen and oxygen atoms in total. The van der Waals surface area contributed by atoms with Crippen LogP contribution in [-0.4, -0.2) is 55.8 Å². The molecule has 2 aliphatic carbocycles. The van der Waals surface area contributed by atoms with Crippen molar-refractivity contribution in [2.75, 3.05) is 31.4 Å². The summed E-state index contributed by atoms with van der Waals surface area (Å²) in [6.07, 6.45) is 11.8. The highest BCUT2D eigenvalue weighted by Gasteiger charge is 2.50. The molecule has 2 aliphatic heterocycles. The quantitative estimate of drug-likeness (QED) is 0.357. The molecule has 0 bridgehead atoms. The van der Waals surface area contributed by atoms with Gasteiger partial charge in [0.25, 0.3) is 0 Å². The molecule has 0 radical (unpaired) electrons. The minimum Gasteiger partial charge on any atom is -0.497 e. The number of fused-ring (bicyclic) bond motifs is 1. The Morgan fingerprint density at radius 1 is 1.16 bits per heavy atom. The number of nitrogens with one attached hydrogen (secondary N) is 3. The number of carbonyl (C=O) groups is 2. The largest absolute Gasteiger partial charge is 0.497 e. The lowest BCUT2D eigenvalue weighted by Gasteiger charge is -2.52. The molecule has 2 unspecified atom stereocenters. The number of nitriles is 1. The van der Waals surface area contributed by atoms with Gasteiger partial charge in [0, 0.05) is 31.3 Å². The van der Waals surface area contributed by atoms with Crippen molar-refractivity contribution in [1.29, 1.82) is 5.26 Å². The maximum absolute atomic E-state index is 15.3. The lowest BCUT2D eigenvalue weighted by atomic mass is 9.68. The van der Waals surface area contributed by atoms with E-state index in [9.17, 15) is 14.9 Å². The minimum absolute atomic E-state index is 0.0537. The van der Waals surface area contributed by atoms with E-state index in [1.807, 2.05) is 18.2 Å². The predicted molar refractivity (Wildman–Crippen MR) is 164 cm³/mol. The third-order valence-electron chi connectivity index (χ3n) is 9.10. The minimum atomic E-state index is -0.861. The van der Waals surface area contributed by atoms with Crippen molar-refractivity contribution in [3.05, 3.63) is 89.3 Å². The highest BCUT2D eigenvalue weighted by Crippen LogP contribution is 2.49. The summed E-state index contributed by atoms with van der Waals surface area (Å²) in [4.78, 5) is 28.3. The Kier molecular flexibility index (Phi) is 8.25. The zero-order valence-corrected chi connectivity index (χ0v) is 24.8. The molecule has 2 aromatic rings. The first kappa shape index (κ1) is 29.6. The molecular formula is C34H36FN5O4. The number of halogens is 1. The molecule has 6 rings (SSSR count). The number of methoxy groups -OCH3 is 2. The van der Waals surface area contributed by atoms with Gasteiger partial charge >= 0.3 is 6.03 Å². The maximum atomic E-state index is 15.3. The number of amides is 3. The number of ether oxygens (including phenoxy) is 2. The van der Waals surface area contributed by atoms with Gasteiger partial charge < -0.3 is 25.0 Å². The monoisotopic (exact) mass is 597 g/mol. The lowest BCUT2D eigenvalue weighted by Crippen LogP contribution is -2.62. The van der Waals surface area contributed by atoms with Gasteiger partial charge in [0.15, 0.2) is 0 Å². The Balaban J connectivity index is 1.23. The summed E-state index contributed by atoms with van der Waals surface area (Å²) in [5.74, 6) is 0.287. The van der Waals surface area contributed by atoms with E-state index in [1.54, 1.807) is 56.7 Å². The molecule has 0 aromatic heterocycles. The summed E-state index contributed by atoms with van der Waals surface area (Å²) >= 11 is 0. The van der Waals surface area contributed by atoms with Gasteiger partial charge in [0.2, 0.25) is 5.91 Å². The Hall–Kier alpha value is -4.46. The van der Waals surface area contributed by atoms with Crippen LogP contribution in [0.2, 0.25) is 0 Å². The van der Waals surface area contributed by atoms with Gasteiger partial charge in [-0.3, -0.25) is 10.1 Å². The van der Waals surface area contributed by atoms with Crippen LogP contribution >= 0.6 is 0 Å². The fourth-order valence-electron chi connectivity index (χ4n) is 6.41. The average molecular weight is 598 g/mol. The molecule has 3 N–H and O–H groups in total. The second-order valence-corrected chi connectivity index (χ2v) is 11.8. The molecule has 3 fully saturated rings. The first-order valence-corrected chi connectivity index (χ1v) is 15.0. The van der Waals surface area contributed by atoms with Crippen molar-refractivity contribution in [3.8, 4) is 11.8 Å². The normalized spacial score (nSPS) is 25.5. The topological polar surface area (TPSA) is 116 Å². The highest BCUT2D eigenvalue weighted by molar-refractivity contribution is 6.00. The Morgan fingerprint density at radius 3 is 2.66 bits per heavy atom. The number of benzene rings is 2. The van der Waals surface area contributed by atoms with E-state index in [0.717, 1.165) is 24.0 Å². The van der Waals surface area contributed by atoms with Crippen LogP contribution in [0, 0.1) is 23.1 Å². The molecular weight excluding hydrogens is 561 g/mol. The molecule has 4 atom stereocenters. The van der Waals surface area contributed by atoms with Gasteiger partial charge in [0.05, 0.1) is 36.6 Å². The number of likely N-dealkylation sites (tertiary alicyclic amines) is 1. The molecule has 3 amide bonds. The van der Waals surface area contributed by atoms with Crippen molar-refractivity contribution in [1.82, 2.24) is 10.2 Å². The van der Waals surface area contributed by atoms with Gasteiger partial charge in [-0.1, -0.05) is 31.1 Å². The van der Waals surface area contributed by atoms with Crippen LogP contribution in [0.4, 0.5) is 20.6 Å². The fourth-order valence-corrected chi connectivity index (χ4v) is 6.41. The van der Waals surface area contributed by atoms with Crippen molar-refractivity contribution < 1.29 is 23.5 Å². The number of carbonyl (C=O) groups excluding carboxylic acids is 2. The van der Waals surface area contributed by atoms with E-state index >= 15 is 4.39 Å². The van der Waals surface area contributed by atoms with Gasteiger partial charge in [-0.2, -0.15) is 5.26 Å².